The molecule has 1 heterocycles. The summed E-state index contributed by atoms with van der Waals surface area (Å²) in [5.41, 5.74) is 0.333. The molecule has 0 aliphatic heterocycles. The van der Waals surface area contributed by atoms with Gasteiger partial charge in [0.15, 0.2) is 0 Å². The minimum absolute atomic E-state index is 0.249. The molecule has 0 fully saturated rings. The van der Waals surface area contributed by atoms with Gasteiger partial charge in [-0.15, -0.1) is 0 Å². The van der Waals surface area contributed by atoms with Gasteiger partial charge in [-0.3, -0.25) is 9.78 Å². The Morgan fingerprint density at radius 3 is 2.60 bits per heavy atom. The first-order valence-corrected chi connectivity index (χ1v) is 6.36. The quantitative estimate of drug-likeness (QED) is 0.797. The lowest BCUT2D eigenvalue weighted by atomic mass is 10.0. The van der Waals surface area contributed by atoms with Crippen LogP contribution in [0.2, 0.25) is 0 Å². The Morgan fingerprint density at radius 2 is 2.05 bits per heavy atom. The van der Waals surface area contributed by atoms with Crippen LogP contribution in [0.4, 0.5) is 0 Å². The van der Waals surface area contributed by atoms with Crippen LogP contribution in [0.15, 0.2) is 18.5 Å². The molecule has 0 aromatic carbocycles. The average molecular weight is 280 g/mol. The van der Waals surface area contributed by atoms with Crippen molar-refractivity contribution in [3.05, 3.63) is 24.0 Å². The van der Waals surface area contributed by atoms with Crippen molar-refractivity contribution >= 4 is 11.9 Å². The highest BCUT2D eigenvalue weighted by molar-refractivity contribution is 5.98. The molecule has 1 aromatic heterocycles. The van der Waals surface area contributed by atoms with Gasteiger partial charge in [0.1, 0.15) is 11.8 Å². The van der Waals surface area contributed by atoms with Gasteiger partial charge in [-0.05, 0) is 18.4 Å². The van der Waals surface area contributed by atoms with E-state index in [0.29, 0.717) is 17.7 Å². The van der Waals surface area contributed by atoms with E-state index in [-0.39, 0.29) is 11.8 Å². The summed E-state index contributed by atoms with van der Waals surface area (Å²) in [4.78, 5) is 27.8. The SMILES string of the molecule is COC(=O)C(CC(C)C)NC(=O)c1ccncc1OC. The van der Waals surface area contributed by atoms with Gasteiger partial charge < -0.3 is 14.8 Å². The number of hydrogen-bond donors (Lipinski definition) is 1. The Hall–Kier alpha value is -2.11. The van der Waals surface area contributed by atoms with Crippen LogP contribution in [-0.4, -0.2) is 37.1 Å². The highest BCUT2D eigenvalue weighted by Gasteiger charge is 2.24. The first-order chi connectivity index (χ1) is 9.49. The van der Waals surface area contributed by atoms with E-state index >= 15 is 0 Å². The van der Waals surface area contributed by atoms with Crippen molar-refractivity contribution in [2.75, 3.05) is 14.2 Å². The van der Waals surface area contributed by atoms with Crippen LogP contribution in [0.25, 0.3) is 0 Å². The number of ether oxygens (including phenoxy) is 2. The standard InChI is InChI=1S/C14H20N2O4/c1-9(2)7-11(14(18)20-4)16-13(17)10-5-6-15-8-12(10)19-3/h5-6,8-9,11H,7H2,1-4H3,(H,16,17). The number of carbonyl (C=O) groups excluding carboxylic acids is 2. The van der Waals surface area contributed by atoms with Gasteiger partial charge in [-0.1, -0.05) is 13.8 Å². The maximum absolute atomic E-state index is 12.2. The van der Waals surface area contributed by atoms with Gasteiger partial charge in [0, 0.05) is 6.20 Å². The van der Waals surface area contributed by atoms with Crippen LogP contribution in [0, 0.1) is 5.92 Å². The lowest BCUT2D eigenvalue weighted by Gasteiger charge is -2.18. The fraction of sp³-hybridized carbons (Fsp3) is 0.500. The van der Waals surface area contributed by atoms with Crippen LogP contribution >= 0.6 is 0 Å². The summed E-state index contributed by atoms with van der Waals surface area (Å²) < 4.78 is 9.79. The summed E-state index contributed by atoms with van der Waals surface area (Å²) in [6.07, 6.45) is 3.45. The fourth-order valence-corrected chi connectivity index (χ4v) is 1.79. The molecule has 6 heteroatoms. The zero-order valence-electron chi connectivity index (χ0n) is 12.2. The molecule has 0 aliphatic carbocycles. The summed E-state index contributed by atoms with van der Waals surface area (Å²) in [6.45, 7) is 3.93. The van der Waals surface area contributed by atoms with Gasteiger partial charge in [0.25, 0.3) is 5.91 Å². The molecule has 110 valence electrons. The molecule has 6 nitrogen and oxygen atoms in total. The van der Waals surface area contributed by atoms with E-state index in [0.717, 1.165) is 0 Å². The number of pyridine rings is 1. The summed E-state index contributed by atoms with van der Waals surface area (Å²) in [7, 11) is 2.76. The van der Waals surface area contributed by atoms with E-state index in [9.17, 15) is 9.59 Å². The molecular formula is C14H20N2O4. The van der Waals surface area contributed by atoms with E-state index < -0.39 is 12.0 Å². The van der Waals surface area contributed by atoms with E-state index in [2.05, 4.69) is 10.3 Å². The second kappa shape index (κ2) is 7.47. The lowest BCUT2D eigenvalue weighted by Crippen LogP contribution is -2.42. The molecule has 0 radical (unpaired) electrons. The topological polar surface area (TPSA) is 77.5 Å². The van der Waals surface area contributed by atoms with Crippen molar-refractivity contribution in [3.8, 4) is 5.75 Å². The number of methoxy groups -OCH3 is 2. The Morgan fingerprint density at radius 1 is 1.35 bits per heavy atom. The molecule has 0 spiro atoms. The molecule has 1 amide bonds. The van der Waals surface area contributed by atoms with Gasteiger partial charge in [0.2, 0.25) is 0 Å². The molecule has 1 unspecified atom stereocenters. The first-order valence-electron chi connectivity index (χ1n) is 6.36. The maximum Gasteiger partial charge on any atom is 0.328 e. The summed E-state index contributed by atoms with van der Waals surface area (Å²) in [5.74, 6) is -0.239. The van der Waals surface area contributed by atoms with Crippen LogP contribution in [0.1, 0.15) is 30.6 Å². The van der Waals surface area contributed by atoms with E-state index in [1.807, 2.05) is 13.8 Å². The second-order valence-corrected chi connectivity index (χ2v) is 4.75. The number of hydrogen-bond acceptors (Lipinski definition) is 5. The summed E-state index contributed by atoms with van der Waals surface area (Å²) in [6, 6.07) is 0.864. The second-order valence-electron chi connectivity index (χ2n) is 4.75. The largest absolute Gasteiger partial charge is 0.494 e. The van der Waals surface area contributed by atoms with Crippen molar-refractivity contribution in [2.45, 2.75) is 26.3 Å². The van der Waals surface area contributed by atoms with Crippen molar-refractivity contribution in [3.63, 3.8) is 0 Å². The first kappa shape index (κ1) is 15.9. The highest BCUT2D eigenvalue weighted by atomic mass is 16.5. The molecule has 0 aliphatic rings. The fourth-order valence-electron chi connectivity index (χ4n) is 1.79. The van der Waals surface area contributed by atoms with Crippen molar-refractivity contribution in [1.29, 1.82) is 0 Å². The molecule has 0 bridgehead atoms. The number of esters is 1. The van der Waals surface area contributed by atoms with Gasteiger partial charge in [-0.2, -0.15) is 0 Å². The Balaban J connectivity index is 2.87. The number of nitrogens with one attached hydrogen (secondary N) is 1. The zero-order valence-corrected chi connectivity index (χ0v) is 12.2. The number of aromatic nitrogens is 1. The number of amides is 1. The third kappa shape index (κ3) is 4.22. The molecule has 0 saturated carbocycles. The predicted octanol–water partition coefficient (Wildman–Crippen LogP) is 1.41. The maximum atomic E-state index is 12.2. The number of carbonyl (C=O) groups is 2. The molecule has 1 rings (SSSR count). The van der Waals surface area contributed by atoms with Crippen LogP contribution in [0.5, 0.6) is 5.75 Å². The number of nitrogens with zero attached hydrogens (tertiary/aromatic N) is 1. The third-order valence-corrected chi connectivity index (χ3v) is 2.75. The Kier molecular flexibility index (Phi) is 5.96. The molecule has 20 heavy (non-hydrogen) atoms. The van der Waals surface area contributed by atoms with Crippen molar-refractivity contribution < 1.29 is 19.1 Å². The van der Waals surface area contributed by atoms with Gasteiger partial charge >= 0.3 is 5.97 Å². The van der Waals surface area contributed by atoms with E-state index in [1.54, 1.807) is 0 Å². The van der Waals surface area contributed by atoms with Crippen LogP contribution < -0.4 is 10.1 Å². The summed E-state index contributed by atoms with van der Waals surface area (Å²) in [5, 5.41) is 2.67. The monoisotopic (exact) mass is 280 g/mol. The van der Waals surface area contributed by atoms with Crippen molar-refractivity contribution in [1.82, 2.24) is 10.3 Å². The van der Waals surface area contributed by atoms with Crippen LogP contribution in [-0.2, 0) is 9.53 Å². The smallest absolute Gasteiger partial charge is 0.328 e. The van der Waals surface area contributed by atoms with Gasteiger partial charge in [0.05, 0.1) is 26.0 Å². The van der Waals surface area contributed by atoms with E-state index in [4.69, 9.17) is 9.47 Å². The molecule has 1 atom stereocenters. The number of rotatable bonds is 6. The Bertz CT molecular complexity index is 474. The summed E-state index contributed by atoms with van der Waals surface area (Å²) >= 11 is 0. The lowest BCUT2D eigenvalue weighted by molar-refractivity contribution is -0.143. The molecule has 0 saturated heterocycles. The molecule has 1 aromatic rings. The predicted molar refractivity (Wildman–Crippen MR) is 73.5 cm³/mol. The van der Waals surface area contributed by atoms with Crippen molar-refractivity contribution in [2.24, 2.45) is 5.92 Å². The normalized spacial score (nSPS) is 11.8. The average Bonchev–Trinajstić information content (AvgIpc) is 2.45. The Labute approximate surface area is 118 Å². The van der Waals surface area contributed by atoms with Crippen LogP contribution in [0.3, 0.4) is 0 Å². The zero-order chi connectivity index (χ0) is 15.1. The highest BCUT2D eigenvalue weighted by Crippen LogP contribution is 2.16. The minimum Gasteiger partial charge on any atom is -0.494 e. The van der Waals surface area contributed by atoms with E-state index in [1.165, 1.54) is 32.7 Å². The third-order valence-electron chi connectivity index (χ3n) is 2.75. The minimum atomic E-state index is -0.676. The molecular weight excluding hydrogens is 260 g/mol. The molecule has 1 N–H and O–H groups in total. The van der Waals surface area contributed by atoms with Gasteiger partial charge in [-0.25, -0.2) is 4.79 Å².